The molecule has 0 bridgehead atoms. The summed E-state index contributed by atoms with van der Waals surface area (Å²) in [5.41, 5.74) is 4.32. The van der Waals surface area contributed by atoms with Gasteiger partial charge in [0.25, 0.3) is 0 Å². The third-order valence-corrected chi connectivity index (χ3v) is 2.31. The minimum absolute atomic E-state index is 1.05. The fraction of sp³-hybridized carbons (Fsp3) is 0.727. The van der Waals surface area contributed by atoms with Crippen molar-refractivity contribution in [3.8, 4) is 0 Å². The molecule has 80 valence electrons. The van der Waals surface area contributed by atoms with Crippen molar-refractivity contribution in [2.45, 2.75) is 46.0 Å². The largest absolute Gasteiger partial charge is 0.279 e. The van der Waals surface area contributed by atoms with Gasteiger partial charge < -0.3 is 0 Å². The molecule has 0 radical (unpaired) electrons. The fourth-order valence-electron chi connectivity index (χ4n) is 1.40. The quantitative estimate of drug-likeness (QED) is 0.705. The second kappa shape index (κ2) is 6.46. The van der Waals surface area contributed by atoms with E-state index in [4.69, 9.17) is 0 Å². The van der Waals surface area contributed by atoms with Crippen LogP contribution in [-0.2, 0) is 0 Å². The van der Waals surface area contributed by atoms with Crippen LogP contribution in [0.25, 0.3) is 0 Å². The van der Waals surface area contributed by atoms with Crippen molar-refractivity contribution in [1.82, 2.24) is 10.5 Å². The van der Waals surface area contributed by atoms with Crippen molar-refractivity contribution in [3.05, 3.63) is 11.8 Å². The van der Waals surface area contributed by atoms with Crippen molar-refractivity contribution >= 4 is 6.21 Å². The average Bonchev–Trinajstić information content (AvgIpc) is 2.24. The van der Waals surface area contributed by atoms with Crippen LogP contribution in [0, 0.1) is 0 Å². The molecule has 0 aromatic carbocycles. The van der Waals surface area contributed by atoms with Gasteiger partial charge >= 0.3 is 0 Å². The molecule has 1 aliphatic rings. The second-order valence-electron chi connectivity index (χ2n) is 3.71. The molecule has 3 heteroatoms. The van der Waals surface area contributed by atoms with Crippen LogP contribution in [0.15, 0.2) is 16.9 Å². The number of rotatable bonds is 6. The van der Waals surface area contributed by atoms with Gasteiger partial charge in [0.05, 0.1) is 6.21 Å². The van der Waals surface area contributed by atoms with Crippen LogP contribution in [0.5, 0.6) is 0 Å². The van der Waals surface area contributed by atoms with E-state index in [1.807, 2.05) is 6.21 Å². The van der Waals surface area contributed by atoms with Crippen LogP contribution < -0.4 is 5.53 Å². The van der Waals surface area contributed by atoms with Gasteiger partial charge in [0.15, 0.2) is 0 Å². The Balaban J connectivity index is 2.33. The van der Waals surface area contributed by atoms with Crippen LogP contribution in [-0.4, -0.2) is 17.8 Å². The second-order valence-corrected chi connectivity index (χ2v) is 3.71. The first-order valence-electron chi connectivity index (χ1n) is 5.62. The highest BCUT2D eigenvalue weighted by Gasteiger charge is 2.04. The zero-order chi connectivity index (χ0) is 10.2. The summed E-state index contributed by atoms with van der Waals surface area (Å²) >= 11 is 0. The number of unbranched alkanes of at least 4 members (excludes halogenated alkanes) is 2. The lowest BCUT2D eigenvalue weighted by atomic mass is 10.1. The van der Waals surface area contributed by atoms with Crippen LogP contribution in [0.2, 0.25) is 0 Å². The van der Waals surface area contributed by atoms with Gasteiger partial charge in [0, 0.05) is 12.7 Å². The highest BCUT2D eigenvalue weighted by molar-refractivity contribution is 5.78. The van der Waals surface area contributed by atoms with E-state index >= 15 is 0 Å². The number of hydrazine groups is 1. The molecule has 0 aliphatic carbocycles. The maximum absolute atomic E-state index is 4.13. The molecule has 0 fully saturated rings. The molecule has 0 aromatic heterocycles. The summed E-state index contributed by atoms with van der Waals surface area (Å²) in [6.07, 6.45) is 10.2. The summed E-state index contributed by atoms with van der Waals surface area (Å²) in [6, 6.07) is 0. The fourth-order valence-corrected chi connectivity index (χ4v) is 1.40. The Hall–Kier alpha value is -0.990. The van der Waals surface area contributed by atoms with Gasteiger partial charge in [-0.15, -0.1) is 0 Å². The lowest BCUT2D eigenvalue weighted by Crippen LogP contribution is -2.33. The summed E-state index contributed by atoms with van der Waals surface area (Å²) < 4.78 is 0. The highest BCUT2D eigenvalue weighted by atomic mass is 15.6. The third-order valence-electron chi connectivity index (χ3n) is 2.31. The van der Waals surface area contributed by atoms with Crippen molar-refractivity contribution in [1.29, 1.82) is 0 Å². The molecular weight excluding hydrogens is 174 g/mol. The standard InChI is InChI=1S/C11H21N3/c1-3-5-7-11-9-12-13-14(10-11)8-6-4-2/h9-10,13H,3-8H2,1-2H3. The first-order chi connectivity index (χ1) is 6.86. The molecule has 0 saturated heterocycles. The van der Waals surface area contributed by atoms with Crippen LogP contribution in [0.4, 0.5) is 0 Å². The molecular formula is C11H21N3. The van der Waals surface area contributed by atoms with Crippen molar-refractivity contribution in [2.24, 2.45) is 5.10 Å². The Kier molecular flexibility index (Phi) is 5.12. The Morgan fingerprint density at radius 3 is 2.79 bits per heavy atom. The van der Waals surface area contributed by atoms with Crippen molar-refractivity contribution < 1.29 is 0 Å². The zero-order valence-electron chi connectivity index (χ0n) is 9.29. The molecule has 0 spiro atoms. The van der Waals surface area contributed by atoms with E-state index in [9.17, 15) is 0 Å². The lowest BCUT2D eigenvalue weighted by Gasteiger charge is -2.23. The maximum atomic E-state index is 4.13. The van der Waals surface area contributed by atoms with Gasteiger partial charge in [0.2, 0.25) is 0 Å². The van der Waals surface area contributed by atoms with Crippen molar-refractivity contribution in [3.63, 3.8) is 0 Å². The molecule has 1 heterocycles. The van der Waals surface area contributed by atoms with Crippen molar-refractivity contribution in [2.75, 3.05) is 6.54 Å². The summed E-state index contributed by atoms with van der Waals surface area (Å²) in [5, 5.41) is 6.21. The highest BCUT2D eigenvalue weighted by Crippen LogP contribution is 2.09. The molecule has 0 aromatic rings. The molecule has 1 aliphatic heterocycles. The number of nitrogens with one attached hydrogen (secondary N) is 1. The normalized spacial score (nSPS) is 15.3. The third kappa shape index (κ3) is 3.81. The molecule has 0 saturated carbocycles. The smallest absolute Gasteiger partial charge is 0.0535 e. The van der Waals surface area contributed by atoms with Crippen LogP contribution in [0.1, 0.15) is 46.0 Å². The Morgan fingerprint density at radius 2 is 2.07 bits per heavy atom. The molecule has 1 N–H and O–H groups in total. The molecule has 0 unspecified atom stereocenters. The zero-order valence-corrected chi connectivity index (χ0v) is 9.29. The number of hydrogen-bond donors (Lipinski definition) is 1. The Bertz CT molecular complexity index is 209. The van der Waals surface area contributed by atoms with E-state index in [-0.39, 0.29) is 0 Å². The maximum Gasteiger partial charge on any atom is 0.0535 e. The first-order valence-corrected chi connectivity index (χ1v) is 5.62. The molecule has 1 rings (SSSR count). The Morgan fingerprint density at radius 1 is 1.29 bits per heavy atom. The van der Waals surface area contributed by atoms with Gasteiger partial charge in [-0.3, -0.25) is 5.01 Å². The SMILES string of the molecule is CCCCC1=CN(CCCC)NN=C1. The lowest BCUT2D eigenvalue weighted by molar-refractivity contribution is 0.267. The number of hydrazone groups is 1. The van der Waals surface area contributed by atoms with E-state index in [0.29, 0.717) is 0 Å². The molecule has 3 nitrogen and oxygen atoms in total. The van der Waals surface area contributed by atoms with Gasteiger partial charge in [0.1, 0.15) is 0 Å². The molecule has 0 amide bonds. The average molecular weight is 195 g/mol. The van der Waals surface area contributed by atoms with E-state index in [0.717, 1.165) is 13.0 Å². The summed E-state index contributed by atoms with van der Waals surface area (Å²) in [5.74, 6) is 0. The van der Waals surface area contributed by atoms with E-state index in [1.54, 1.807) is 0 Å². The molecule has 14 heavy (non-hydrogen) atoms. The number of allylic oxidation sites excluding steroid dienone is 1. The number of nitrogens with zero attached hydrogens (tertiary/aromatic N) is 2. The minimum Gasteiger partial charge on any atom is -0.279 e. The van der Waals surface area contributed by atoms with E-state index in [1.165, 1.54) is 31.3 Å². The van der Waals surface area contributed by atoms with E-state index < -0.39 is 0 Å². The summed E-state index contributed by atoms with van der Waals surface area (Å²) in [7, 11) is 0. The van der Waals surface area contributed by atoms with Crippen LogP contribution in [0.3, 0.4) is 0 Å². The van der Waals surface area contributed by atoms with Gasteiger partial charge in [-0.25, -0.2) is 5.53 Å². The predicted molar refractivity (Wildman–Crippen MR) is 60.8 cm³/mol. The van der Waals surface area contributed by atoms with Gasteiger partial charge in [-0.05, 0) is 24.8 Å². The number of hydrogen-bond acceptors (Lipinski definition) is 3. The predicted octanol–water partition coefficient (Wildman–Crippen LogP) is 2.67. The summed E-state index contributed by atoms with van der Waals surface area (Å²) in [6.45, 7) is 5.46. The monoisotopic (exact) mass is 195 g/mol. The van der Waals surface area contributed by atoms with Crippen LogP contribution >= 0.6 is 0 Å². The summed E-state index contributed by atoms with van der Waals surface area (Å²) in [4.78, 5) is 0. The Labute approximate surface area is 86.8 Å². The minimum atomic E-state index is 1.05. The topological polar surface area (TPSA) is 27.6 Å². The van der Waals surface area contributed by atoms with E-state index in [2.05, 4.69) is 35.7 Å². The van der Waals surface area contributed by atoms with Gasteiger partial charge in [-0.2, -0.15) is 5.10 Å². The first kappa shape index (κ1) is 11.1. The van der Waals surface area contributed by atoms with Gasteiger partial charge in [-0.1, -0.05) is 26.7 Å². The molecule has 0 atom stereocenters.